The van der Waals surface area contributed by atoms with E-state index in [0.29, 0.717) is 0 Å². The lowest BCUT2D eigenvalue weighted by Gasteiger charge is -2.22. The maximum absolute atomic E-state index is 2.45. The molecule has 0 radical (unpaired) electrons. The van der Waals surface area contributed by atoms with Crippen molar-refractivity contribution >= 4 is 38.1 Å². The molecule has 0 bridgehead atoms. The molecule has 0 N–H and O–H groups in total. The van der Waals surface area contributed by atoms with Gasteiger partial charge in [-0.05, 0) is 63.7 Å². The van der Waals surface area contributed by atoms with Crippen molar-refractivity contribution in [1.82, 2.24) is 4.40 Å². The van der Waals surface area contributed by atoms with Gasteiger partial charge in [0.1, 0.15) is 0 Å². The Balaban J connectivity index is 1.46. The van der Waals surface area contributed by atoms with Crippen LogP contribution < -0.4 is 0 Å². The second-order valence-corrected chi connectivity index (χ2v) is 10.2. The second-order valence-electron chi connectivity index (χ2n) is 10.2. The number of para-hydroxylation sites is 2. The van der Waals surface area contributed by atoms with Crippen LogP contribution in [-0.2, 0) is 5.41 Å². The van der Waals surface area contributed by atoms with E-state index in [0.717, 1.165) is 0 Å². The third kappa shape index (κ3) is 2.11. The van der Waals surface area contributed by atoms with Crippen LogP contribution in [0.25, 0.3) is 60.3 Å². The summed E-state index contributed by atoms with van der Waals surface area (Å²) in [6, 6.07) is 38.4. The Morgan fingerprint density at radius 3 is 1.79 bits per heavy atom. The van der Waals surface area contributed by atoms with Crippen molar-refractivity contribution in [2.45, 2.75) is 19.3 Å². The summed E-state index contributed by atoms with van der Waals surface area (Å²) in [6.45, 7) is 4.71. The van der Waals surface area contributed by atoms with Crippen LogP contribution in [0.3, 0.4) is 0 Å². The first-order valence-corrected chi connectivity index (χ1v) is 12.0. The number of fused-ring (bicyclic) bond motifs is 9. The van der Waals surface area contributed by atoms with Gasteiger partial charge < -0.3 is 4.40 Å². The summed E-state index contributed by atoms with van der Waals surface area (Å²) in [6.07, 6.45) is 0. The molecule has 34 heavy (non-hydrogen) atoms. The number of aromatic nitrogens is 1. The molecule has 7 aromatic rings. The molecular weight excluding hydrogens is 410 g/mol. The molecule has 0 fully saturated rings. The predicted octanol–water partition coefficient (Wildman–Crippen LogP) is 8.81. The third-order valence-corrected chi connectivity index (χ3v) is 8.12. The number of hydrogen-bond acceptors (Lipinski definition) is 0. The molecular formula is C33H23N. The number of rotatable bonds is 1. The van der Waals surface area contributed by atoms with Crippen molar-refractivity contribution in [1.29, 1.82) is 0 Å². The number of nitrogens with zero attached hydrogens (tertiary/aromatic N) is 1. The summed E-state index contributed by atoms with van der Waals surface area (Å²) in [7, 11) is 0. The molecule has 2 heterocycles. The highest BCUT2D eigenvalue weighted by Crippen LogP contribution is 2.50. The molecule has 0 amide bonds. The second kappa shape index (κ2) is 6.07. The Kier molecular flexibility index (Phi) is 3.27. The summed E-state index contributed by atoms with van der Waals surface area (Å²) in [5.74, 6) is 0. The zero-order chi connectivity index (χ0) is 22.6. The summed E-state index contributed by atoms with van der Waals surface area (Å²) in [5.41, 5.74) is 12.1. The summed E-state index contributed by atoms with van der Waals surface area (Å²) < 4.78 is 2.45. The molecule has 1 heteroatoms. The molecule has 0 unspecified atom stereocenters. The van der Waals surface area contributed by atoms with Gasteiger partial charge in [-0.25, -0.2) is 0 Å². The van der Waals surface area contributed by atoms with Crippen molar-refractivity contribution in [2.24, 2.45) is 0 Å². The van der Waals surface area contributed by atoms with E-state index in [2.05, 4.69) is 121 Å². The minimum Gasteiger partial charge on any atom is -0.308 e. The van der Waals surface area contributed by atoms with E-state index in [-0.39, 0.29) is 5.41 Å². The Morgan fingerprint density at radius 1 is 0.500 bits per heavy atom. The average Bonchev–Trinajstić information content (AvgIpc) is 3.47. The standard InChI is InChI=1S/C33H23N/c1-33(2)28-12-6-3-9-22(28)23-16-15-20(19-29(23)33)21-17-26-24-10-4-7-13-30(24)34-31-14-8-5-11-25(31)27(18-21)32(26)34/h3-19H,1-2H3. The summed E-state index contributed by atoms with van der Waals surface area (Å²) >= 11 is 0. The highest BCUT2D eigenvalue weighted by Gasteiger charge is 2.35. The molecule has 0 spiro atoms. The third-order valence-electron chi connectivity index (χ3n) is 8.12. The van der Waals surface area contributed by atoms with Crippen LogP contribution in [0.1, 0.15) is 25.0 Å². The van der Waals surface area contributed by atoms with Crippen LogP contribution in [0.5, 0.6) is 0 Å². The molecule has 8 rings (SSSR count). The van der Waals surface area contributed by atoms with E-state index < -0.39 is 0 Å². The predicted molar refractivity (Wildman–Crippen MR) is 144 cm³/mol. The van der Waals surface area contributed by atoms with E-state index >= 15 is 0 Å². The molecule has 160 valence electrons. The van der Waals surface area contributed by atoms with Gasteiger partial charge in [0.25, 0.3) is 0 Å². The van der Waals surface area contributed by atoms with Crippen molar-refractivity contribution < 1.29 is 0 Å². The summed E-state index contributed by atoms with van der Waals surface area (Å²) in [4.78, 5) is 0. The van der Waals surface area contributed by atoms with Gasteiger partial charge >= 0.3 is 0 Å². The van der Waals surface area contributed by atoms with Crippen LogP contribution >= 0.6 is 0 Å². The fourth-order valence-corrected chi connectivity index (χ4v) is 6.50. The molecule has 1 nitrogen and oxygen atoms in total. The monoisotopic (exact) mass is 433 g/mol. The molecule has 0 atom stereocenters. The van der Waals surface area contributed by atoms with Crippen LogP contribution in [0.2, 0.25) is 0 Å². The van der Waals surface area contributed by atoms with Crippen molar-refractivity contribution in [3.8, 4) is 22.3 Å². The molecule has 0 saturated carbocycles. The van der Waals surface area contributed by atoms with E-state index in [4.69, 9.17) is 0 Å². The maximum atomic E-state index is 2.45. The Labute approximate surface area is 198 Å². The number of benzene rings is 5. The molecule has 1 aliphatic carbocycles. The molecule has 2 aromatic heterocycles. The normalized spacial score (nSPS) is 14.4. The Bertz CT molecular complexity index is 1850. The van der Waals surface area contributed by atoms with Gasteiger partial charge in [-0.15, -0.1) is 0 Å². The first-order valence-electron chi connectivity index (χ1n) is 12.0. The van der Waals surface area contributed by atoms with E-state index in [1.54, 1.807) is 0 Å². The quantitative estimate of drug-likeness (QED) is 0.244. The van der Waals surface area contributed by atoms with Crippen molar-refractivity contribution in [3.63, 3.8) is 0 Å². The minimum atomic E-state index is 0.00541. The van der Waals surface area contributed by atoms with Crippen molar-refractivity contribution in [3.05, 3.63) is 114 Å². The average molecular weight is 434 g/mol. The fraction of sp³-hybridized carbons (Fsp3) is 0.0909. The Morgan fingerprint density at radius 2 is 1.09 bits per heavy atom. The van der Waals surface area contributed by atoms with E-state index in [1.807, 2.05) is 0 Å². The highest BCUT2D eigenvalue weighted by molar-refractivity contribution is 6.24. The zero-order valence-corrected chi connectivity index (χ0v) is 19.3. The van der Waals surface area contributed by atoms with Crippen LogP contribution in [0.15, 0.2) is 103 Å². The maximum Gasteiger partial charge on any atom is 0.0620 e. The molecule has 1 aliphatic rings. The van der Waals surface area contributed by atoms with Gasteiger partial charge in [0.05, 0.1) is 16.6 Å². The number of hydrogen-bond donors (Lipinski definition) is 0. The lowest BCUT2D eigenvalue weighted by molar-refractivity contribution is 0.660. The lowest BCUT2D eigenvalue weighted by atomic mass is 9.81. The first-order chi connectivity index (χ1) is 16.6. The van der Waals surface area contributed by atoms with Crippen LogP contribution in [0.4, 0.5) is 0 Å². The lowest BCUT2D eigenvalue weighted by Crippen LogP contribution is -2.14. The van der Waals surface area contributed by atoms with E-state index in [9.17, 15) is 0 Å². The SMILES string of the molecule is CC1(C)c2ccccc2-c2ccc(-c3cc4c5ccccc5n5c6ccccc6c(c3)c45)cc21. The minimum absolute atomic E-state index is 0.00541. The van der Waals surface area contributed by atoms with Gasteiger partial charge in [0.15, 0.2) is 0 Å². The van der Waals surface area contributed by atoms with Crippen LogP contribution in [-0.4, -0.2) is 4.40 Å². The molecule has 0 saturated heterocycles. The van der Waals surface area contributed by atoms with Gasteiger partial charge in [-0.3, -0.25) is 0 Å². The topological polar surface area (TPSA) is 4.41 Å². The van der Waals surface area contributed by atoms with E-state index in [1.165, 1.54) is 71.5 Å². The van der Waals surface area contributed by atoms with Gasteiger partial charge in [0, 0.05) is 27.0 Å². The highest BCUT2D eigenvalue weighted by atomic mass is 14.9. The molecule has 5 aromatic carbocycles. The van der Waals surface area contributed by atoms with Crippen molar-refractivity contribution in [2.75, 3.05) is 0 Å². The largest absolute Gasteiger partial charge is 0.308 e. The molecule has 0 aliphatic heterocycles. The first kappa shape index (κ1) is 18.3. The Hall–Kier alpha value is -4.10. The smallest absolute Gasteiger partial charge is 0.0620 e. The van der Waals surface area contributed by atoms with Gasteiger partial charge in [-0.1, -0.05) is 86.6 Å². The van der Waals surface area contributed by atoms with Crippen LogP contribution in [0, 0.1) is 0 Å². The zero-order valence-electron chi connectivity index (χ0n) is 19.3. The van der Waals surface area contributed by atoms with Gasteiger partial charge in [0.2, 0.25) is 0 Å². The summed E-state index contributed by atoms with van der Waals surface area (Å²) in [5, 5.41) is 5.32. The fourth-order valence-electron chi connectivity index (χ4n) is 6.50. The van der Waals surface area contributed by atoms with Gasteiger partial charge in [-0.2, -0.15) is 0 Å².